The molecule has 1 aliphatic carbocycles. The third-order valence-corrected chi connectivity index (χ3v) is 4.14. The van der Waals surface area contributed by atoms with E-state index in [0.29, 0.717) is 12.5 Å². The predicted molar refractivity (Wildman–Crippen MR) is 80.5 cm³/mol. The van der Waals surface area contributed by atoms with Gasteiger partial charge in [-0.3, -0.25) is 0 Å². The second kappa shape index (κ2) is 8.32. The Kier molecular flexibility index (Phi) is 6.43. The first-order valence-electron chi connectivity index (χ1n) is 8.01. The number of benzene rings is 1. The molecular weight excluding hydrogens is 272 g/mol. The molecule has 1 aliphatic rings. The summed E-state index contributed by atoms with van der Waals surface area (Å²) in [4.78, 5) is 0. The van der Waals surface area contributed by atoms with Gasteiger partial charge in [-0.25, -0.2) is 8.78 Å². The highest BCUT2D eigenvalue weighted by Crippen LogP contribution is 2.27. The first-order valence-corrected chi connectivity index (χ1v) is 8.01. The second-order valence-electron chi connectivity index (χ2n) is 5.87. The summed E-state index contributed by atoms with van der Waals surface area (Å²) in [7, 11) is 0. The van der Waals surface area contributed by atoms with Gasteiger partial charge in [-0.05, 0) is 31.7 Å². The van der Waals surface area contributed by atoms with Crippen LogP contribution >= 0.6 is 0 Å². The second-order valence-corrected chi connectivity index (χ2v) is 5.87. The van der Waals surface area contributed by atoms with Crippen LogP contribution < -0.4 is 10.1 Å². The zero-order chi connectivity index (χ0) is 15.1. The quantitative estimate of drug-likeness (QED) is 0.810. The van der Waals surface area contributed by atoms with Crippen molar-refractivity contribution in [3.63, 3.8) is 0 Å². The number of rotatable bonds is 7. The molecule has 0 saturated heterocycles. The molecule has 118 valence electrons. The Morgan fingerprint density at radius 3 is 2.43 bits per heavy atom. The first-order chi connectivity index (χ1) is 10.2. The monoisotopic (exact) mass is 297 g/mol. The molecule has 1 N–H and O–H groups in total. The maximum atomic E-state index is 13.2. The Balaban J connectivity index is 1.93. The molecule has 1 unspecified atom stereocenters. The van der Waals surface area contributed by atoms with Crippen LogP contribution in [-0.4, -0.2) is 19.2 Å². The maximum Gasteiger partial charge on any atom is 0.129 e. The third-order valence-electron chi connectivity index (χ3n) is 4.14. The lowest BCUT2D eigenvalue weighted by atomic mass is 9.84. The van der Waals surface area contributed by atoms with Gasteiger partial charge >= 0.3 is 0 Å². The largest absolute Gasteiger partial charge is 0.492 e. The van der Waals surface area contributed by atoms with E-state index in [4.69, 9.17) is 4.74 Å². The van der Waals surface area contributed by atoms with Crippen LogP contribution in [0.15, 0.2) is 18.2 Å². The van der Waals surface area contributed by atoms with Crippen molar-refractivity contribution in [1.29, 1.82) is 0 Å². The number of hydrogen-bond donors (Lipinski definition) is 1. The molecule has 1 atom stereocenters. The molecule has 1 aromatic carbocycles. The fourth-order valence-corrected chi connectivity index (χ4v) is 3.03. The first kappa shape index (κ1) is 16.2. The fraction of sp³-hybridized carbons (Fsp3) is 0.647. The van der Waals surface area contributed by atoms with E-state index in [0.717, 1.165) is 19.0 Å². The number of nitrogens with one attached hydrogen (secondary N) is 1. The summed E-state index contributed by atoms with van der Waals surface area (Å²) in [6, 6.07) is 3.60. The molecule has 0 amide bonds. The van der Waals surface area contributed by atoms with Crippen molar-refractivity contribution in [2.24, 2.45) is 5.92 Å². The van der Waals surface area contributed by atoms with Crippen LogP contribution in [0.2, 0.25) is 0 Å². The summed E-state index contributed by atoms with van der Waals surface area (Å²) in [6.45, 7) is 3.54. The molecule has 21 heavy (non-hydrogen) atoms. The van der Waals surface area contributed by atoms with Gasteiger partial charge in [0.1, 0.15) is 24.0 Å². The number of ether oxygens (including phenoxy) is 1. The van der Waals surface area contributed by atoms with Gasteiger partial charge in [-0.2, -0.15) is 0 Å². The summed E-state index contributed by atoms with van der Waals surface area (Å²) in [5, 5.41) is 3.53. The average Bonchev–Trinajstić information content (AvgIpc) is 2.47. The van der Waals surface area contributed by atoms with Crippen LogP contribution in [0.1, 0.15) is 45.4 Å². The van der Waals surface area contributed by atoms with Gasteiger partial charge in [0.25, 0.3) is 0 Å². The normalized spacial score (nSPS) is 17.7. The zero-order valence-electron chi connectivity index (χ0n) is 12.7. The molecule has 0 spiro atoms. The Morgan fingerprint density at radius 2 is 1.81 bits per heavy atom. The smallest absolute Gasteiger partial charge is 0.129 e. The van der Waals surface area contributed by atoms with Gasteiger partial charge in [0.2, 0.25) is 0 Å². The number of halogens is 2. The van der Waals surface area contributed by atoms with Crippen LogP contribution in [0, 0.1) is 17.6 Å². The molecule has 1 aromatic rings. The van der Waals surface area contributed by atoms with E-state index in [-0.39, 0.29) is 11.8 Å². The minimum absolute atomic E-state index is 0.261. The molecule has 4 heteroatoms. The van der Waals surface area contributed by atoms with Crippen molar-refractivity contribution in [3.8, 4) is 5.75 Å². The Bertz CT molecular complexity index is 413. The minimum atomic E-state index is -0.597. The van der Waals surface area contributed by atoms with E-state index in [1.807, 2.05) is 0 Å². The summed E-state index contributed by atoms with van der Waals surface area (Å²) >= 11 is 0. The van der Waals surface area contributed by atoms with E-state index >= 15 is 0 Å². The standard InChI is InChI=1S/C17H25F2NO/c1-2-8-20-17(13-6-4-3-5-7-13)12-21-16-10-14(18)9-15(19)11-16/h9-11,13,17,20H,2-8,12H2,1H3. The van der Waals surface area contributed by atoms with Gasteiger partial charge in [-0.1, -0.05) is 26.2 Å². The Hall–Kier alpha value is -1.16. The van der Waals surface area contributed by atoms with Gasteiger partial charge in [0, 0.05) is 24.2 Å². The lowest BCUT2D eigenvalue weighted by Gasteiger charge is -2.31. The lowest BCUT2D eigenvalue weighted by Crippen LogP contribution is -2.42. The van der Waals surface area contributed by atoms with Crippen LogP contribution in [0.4, 0.5) is 8.78 Å². The van der Waals surface area contributed by atoms with Gasteiger partial charge < -0.3 is 10.1 Å². The molecule has 0 radical (unpaired) electrons. The highest BCUT2D eigenvalue weighted by Gasteiger charge is 2.23. The topological polar surface area (TPSA) is 21.3 Å². The number of hydrogen-bond acceptors (Lipinski definition) is 2. The van der Waals surface area contributed by atoms with Gasteiger partial charge in [0.15, 0.2) is 0 Å². The van der Waals surface area contributed by atoms with Crippen molar-refractivity contribution in [3.05, 3.63) is 29.8 Å². The van der Waals surface area contributed by atoms with Crippen molar-refractivity contribution in [1.82, 2.24) is 5.32 Å². The molecule has 1 fully saturated rings. The van der Waals surface area contributed by atoms with Crippen molar-refractivity contribution >= 4 is 0 Å². The van der Waals surface area contributed by atoms with E-state index in [9.17, 15) is 8.78 Å². The van der Waals surface area contributed by atoms with Crippen LogP contribution in [0.3, 0.4) is 0 Å². The molecule has 0 aliphatic heterocycles. The van der Waals surface area contributed by atoms with Crippen LogP contribution in [0.5, 0.6) is 5.75 Å². The SMILES string of the molecule is CCCNC(COc1cc(F)cc(F)c1)C1CCCCC1. The summed E-state index contributed by atoms with van der Waals surface area (Å²) in [6.07, 6.45) is 7.34. The van der Waals surface area contributed by atoms with Crippen LogP contribution in [0.25, 0.3) is 0 Å². The minimum Gasteiger partial charge on any atom is -0.492 e. The summed E-state index contributed by atoms with van der Waals surface area (Å²) in [5.41, 5.74) is 0. The molecule has 1 saturated carbocycles. The molecule has 0 heterocycles. The van der Waals surface area contributed by atoms with E-state index in [2.05, 4.69) is 12.2 Å². The van der Waals surface area contributed by atoms with Crippen molar-refractivity contribution < 1.29 is 13.5 Å². The highest BCUT2D eigenvalue weighted by atomic mass is 19.1. The zero-order valence-corrected chi connectivity index (χ0v) is 12.7. The molecule has 0 aromatic heterocycles. The highest BCUT2D eigenvalue weighted by molar-refractivity contribution is 5.23. The van der Waals surface area contributed by atoms with Crippen LogP contribution in [-0.2, 0) is 0 Å². The lowest BCUT2D eigenvalue weighted by molar-refractivity contribution is 0.185. The average molecular weight is 297 g/mol. The van der Waals surface area contributed by atoms with E-state index in [1.165, 1.54) is 44.2 Å². The van der Waals surface area contributed by atoms with Crippen molar-refractivity contribution in [2.45, 2.75) is 51.5 Å². The van der Waals surface area contributed by atoms with Gasteiger partial charge in [-0.15, -0.1) is 0 Å². The predicted octanol–water partition coefficient (Wildman–Crippen LogP) is 4.29. The van der Waals surface area contributed by atoms with E-state index in [1.54, 1.807) is 0 Å². The Morgan fingerprint density at radius 1 is 1.14 bits per heavy atom. The Labute approximate surface area is 125 Å². The van der Waals surface area contributed by atoms with E-state index < -0.39 is 11.6 Å². The molecule has 0 bridgehead atoms. The van der Waals surface area contributed by atoms with Crippen molar-refractivity contribution in [2.75, 3.05) is 13.2 Å². The third kappa shape index (κ3) is 5.27. The fourth-order valence-electron chi connectivity index (χ4n) is 3.03. The summed E-state index contributed by atoms with van der Waals surface area (Å²) in [5.74, 6) is -0.322. The maximum absolute atomic E-state index is 13.2. The summed E-state index contributed by atoms with van der Waals surface area (Å²) < 4.78 is 32.0. The molecular formula is C17H25F2NO. The molecule has 2 nitrogen and oxygen atoms in total. The van der Waals surface area contributed by atoms with Gasteiger partial charge in [0.05, 0.1) is 0 Å². The molecule has 2 rings (SSSR count).